The fourth-order valence-corrected chi connectivity index (χ4v) is 1.57. The molecule has 96 valence electrons. The lowest BCUT2D eigenvalue weighted by atomic mass is 9.95. The largest absolute Gasteiger partial charge is 0.471 e. The van der Waals surface area contributed by atoms with Gasteiger partial charge in [0.1, 0.15) is 5.92 Å². The van der Waals surface area contributed by atoms with E-state index in [1.54, 1.807) is 0 Å². The van der Waals surface area contributed by atoms with Crippen LogP contribution in [0.1, 0.15) is 6.42 Å². The number of rotatable bonds is 1. The summed E-state index contributed by atoms with van der Waals surface area (Å²) in [6.45, 7) is -0.998. The maximum Gasteiger partial charge on any atom is 0.471 e. The topological polar surface area (TPSA) is 63.7 Å². The van der Waals surface area contributed by atoms with E-state index in [2.05, 4.69) is 4.74 Å². The lowest BCUT2D eigenvalue weighted by Gasteiger charge is -2.29. The number of ether oxygens (including phenoxy) is 1. The predicted octanol–water partition coefficient (Wildman–Crippen LogP) is 0.139. The van der Waals surface area contributed by atoms with Crippen LogP contribution in [0.15, 0.2) is 0 Å². The normalized spacial score (nSPS) is 21.3. The van der Waals surface area contributed by atoms with Crippen molar-refractivity contribution in [3.05, 3.63) is 0 Å². The van der Waals surface area contributed by atoms with Crippen LogP contribution in [0.5, 0.6) is 0 Å². The number of alkyl halides is 3. The maximum atomic E-state index is 12.1. The van der Waals surface area contributed by atoms with Crippen molar-refractivity contribution < 1.29 is 32.3 Å². The number of carbonyl (C=O) groups excluding carboxylic acids is 3. The maximum absolute atomic E-state index is 12.1. The van der Waals surface area contributed by atoms with Gasteiger partial charge in [-0.05, 0) is 6.42 Å². The summed E-state index contributed by atoms with van der Waals surface area (Å²) in [4.78, 5) is 33.7. The molecule has 0 aromatic rings. The van der Waals surface area contributed by atoms with Gasteiger partial charge in [-0.25, -0.2) is 0 Å². The van der Waals surface area contributed by atoms with Gasteiger partial charge in [0.2, 0.25) is 0 Å². The molecule has 0 radical (unpaired) electrons. The molecule has 1 atom stereocenters. The molecule has 1 amide bonds. The number of esters is 1. The van der Waals surface area contributed by atoms with Crippen LogP contribution >= 0.6 is 0 Å². The van der Waals surface area contributed by atoms with Crippen LogP contribution in [0.25, 0.3) is 0 Å². The van der Waals surface area contributed by atoms with Gasteiger partial charge in [-0.1, -0.05) is 0 Å². The molecule has 1 heterocycles. The van der Waals surface area contributed by atoms with Crippen molar-refractivity contribution >= 4 is 17.7 Å². The summed E-state index contributed by atoms with van der Waals surface area (Å²) in [5, 5.41) is 0. The van der Waals surface area contributed by atoms with Crippen molar-refractivity contribution in [2.75, 3.05) is 20.2 Å². The van der Waals surface area contributed by atoms with E-state index in [4.69, 9.17) is 0 Å². The number of piperidine rings is 1. The zero-order chi connectivity index (χ0) is 13.2. The molecule has 0 spiro atoms. The van der Waals surface area contributed by atoms with Gasteiger partial charge >= 0.3 is 18.1 Å². The van der Waals surface area contributed by atoms with Crippen LogP contribution in [0.4, 0.5) is 13.2 Å². The highest BCUT2D eigenvalue weighted by molar-refractivity contribution is 6.02. The standard InChI is InChI=1S/C9H10F3NO4/c1-17-7(15)5-2-3-13(4-6(5)14)8(16)9(10,11)12/h5H,2-4H2,1H3. The summed E-state index contributed by atoms with van der Waals surface area (Å²) in [7, 11) is 1.09. The summed E-state index contributed by atoms with van der Waals surface area (Å²) in [5.74, 6) is -4.65. The van der Waals surface area contributed by atoms with Gasteiger partial charge in [-0.15, -0.1) is 0 Å². The van der Waals surface area contributed by atoms with Gasteiger partial charge in [0.05, 0.1) is 13.7 Å². The van der Waals surface area contributed by atoms with Gasteiger partial charge in [-0.3, -0.25) is 14.4 Å². The van der Waals surface area contributed by atoms with E-state index >= 15 is 0 Å². The minimum atomic E-state index is -5.00. The van der Waals surface area contributed by atoms with Crippen molar-refractivity contribution in [1.82, 2.24) is 4.90 Å². The molecule has 0 aromatic heterocycles. The second-order valence-electron chi connectivity index (χ2n) is 3.56. The molecule has 1 fully saturated rings. The fourth-order valence-electron chi connectivity index (χ4n) is 1.57. The molecule has 5 nitrogen and oxygen atoms in total. The molecule has 0 N–H and O–H groups in total. The van der Waals surface area contributed by atoms with E-state index < -0.39 is 36.3 Å². The minimum Gasteiger partial charge on any atom is -0.468 e. The SMILES string of the molecule is COC(=O)C1CCN(C(=O)C(F)(F)F)CC1=O. The number of ketones is 1. The number of hydrogen-bond donors (Lipinski definition) is 0. The number of amides is 1. The summed E-state index contributed by atoms with van der Waals surface area (Å²) >= 11 is 0. The average molecular weight is 253 g/mol. The van der Waals surface area contributed by atoms with E-state index in [1.165, 1.54) is 0 Å². The Kier molecular flexibility index (Phi) is 3.74. The molecule has 1 saturated heterocycles. The number of methoxy groups -OCH3 is 1. The smallest absolute Gasteiger partial charge is 0.468 e. The van der Waals surface area contributed by atoms with Crippen LogP contribution in [0.3, 0.4) is 0 Å². The Morgan fingerprint density at radius 2 is 2.00 bits per heavy atom. The van der Waals surface area contributed by atoms with E-state index in [-0.39, 0.29) is 13.0 Å². The lowest BCUT2D eigenvalue weighted by molar-refractivity contribution is -0.187. The molecule has 0 aromatic carbocycles. The molecule has 0 aliphatic carbocycles. The predicted molar refractivity (Wildman–Crippen MR) is 47.8 cm³/mol. The quantitative estimate of drug-likeness (QED) is 0.492. The third kappa shape index (κ3) is 2.95. The summed E-state index contributed by atoms with van der Waals surface area (Å²) in [6, 6.07) is 0. The highest BCUT2D eigenvalue weighted by Gasteiger charge is 2.45. The molecular formula is C9H10F3NO4. The first-order chi connectivity index (χ1) is 7.77. The highest BCUT2D eigenvalue weighted by Crippen LogP contribution is 2.22. The molecule has 1 rings (SSSR count). The Morgan fingerprint density at radius 1 is 1.41 bits per heavy atom. The van der Waals surface area contributed by atoms with Crippen LogP contribution in [-0.4, -0.2) is 48.9 Å². The summed E-state index contributed by atoms with van der Waals surface area (Å²) < 4.78 is 40.6. The van der Waals surface area contributed by atoms with Gasteiger partial charge in [0.25, 0.3) is 0 Å². The van der Waals surface area contributed by atoms with Crippen molar-refractivity contribution in [3.63, 3.8) is 0 Å². The average Bonchev–Trinajstić information content (AvgIpc) is 2.25. The fraction of sp³-hybridized carbons (Fsp3) is 0.667. The molecule has 17 heavy (non-hydrogen) atoms. The van der Waals surface area contributed by atoms with Crippen molar-refractivity contribution in [1.29, 1.82) is 0 Å². The van der Waals surface area contributed by atoms with E-state index in [0.717, 1.165) is 7.11 Å². The second kappa shape index (κ2) is 4.72. The zero-order valence-corrected chi connectivity index (χ0v) is 8.91. The Labute approximate surface area is 94.5 Å². The molecule has 8 heteroatoms. The summed E-state index contributed by atoms with van der Waals surface area (Å²) in [5.41, 5.74) is 0. The minimum absolute atomic E-state index is 0.146. The Morgan fingerprint density at radius 3 is 2.41 bits per heavy atom. The van der Waals surface area contributed by atoms with Crippen LogP contribution in [-0.2, 0) is 19.1 Å². The molecule has 1 unspecified atom stereocenters. The molecule has 1 aliphatic rings. The Bertz CT molecular complexity index is 353. The summed E-state index contributed by atoms with van der Waals surface area (Å²) in [6.07, 6.45) is -5.15. The van der Waals surface area contributed by atoms with Crippen LogP contribution in [0.2, 0.25) is 0 Å². The number of nitrogens with zero attached hydrogens (tertiary/aromatic N) is 1. The van der Waals surface area contributed by atoms with Gasteiger partial charge in [-0.2, -0.15) is 13.2 Å². The van der Waals surface area contributed by atoms with Crippen molar-refractivity contribution in [2.24, 2.45) is 5.92 Å². The monoisotopic (exact) mass is 253 g/mol. The number of Topliss-reactive ketones (excluding diaryl/α,β-unsaturated/α-hetero) is 1. The first-order valence-corrected chi connectivity index (χ1v) is 4.74. The van der Waals surface area contributed by atoms with Gasteiger partial charge in [0, 0.05) is 6.54 Å². The van der Waals surface area contributed by atoms with E-state index in [9.17, 15) is 27.6 Å². The van der Waals surface area contributed by atoms with E-state index in [1.807, 2.05) is 0 Å². The second-order valence-corrected chi connectivity index (χ2v) is 3.56. The third-order valence-electron chi connectivity index (χ3n) is 2.44. The zero-order valence-electron chi connectivity index (χ0n) is 8.91. The molecule has 1 aliphatic heterocycles. The van der Waals surface area contributed by atoms with Gasteiger partial charge < -0.3 is 9.64 Å². The van der Waals surface area contributed by atoms with Gasteiger partial charge in [0.15, 0.2) is 5.78 Å². The number of carbonyl (C=O) groups is 3. The molecule has 0 saturated carbocycles. The molecular weight excluding hydrogens is 243 g/mol. The Hall–Kier alpha value is -1.60. The van der Waals surface area contributed by atoms with Crippen LogP contribution < -0.4 is 0 Å². The Balaban J connectivity index is 2.68. The number of hydrogen-bond acceptors (Lipinski definition) is 4. The van der Waals surface area contributed by atoms with Crippen molar-refractivity contribution in [3.8, 4) is 0 Å². The number of likely N-dealkylation sites (tertiary alicyclic amines) is 1. The first kappa shape index (κ1) is 13.5. The first-order valence-electron chi connectivity index (χ1n) is 4.74. The third-order valence-corrected chi connectivity index (χ3v) is 2.44. The lowest BCUT2D eigenvalue weighted by Crippen LogP contribution is -2.50. The van der Waals surface area contributed by atoms with E-state index in [0.29, 0.717) is 4.90 Å². The van der Waals surface area contributed by atoms with Crippen molar-refractivity contribution in [2.45, 2.75) is 12.6 Å². The molecule has 0 bridgehead atoms. The highest BCUT2D eigenvalue weighted by atomic mass is 19.4. The number of halogens is 3. The van der Waals surface area contributed by atoms with Crippen LogP contribution in [0, 0.1) is 5.92 Å².